The van der Waals surface area contributed by atoms with Gasteiger partial charge in [0.25, 0.3) is 5.91 Å². The Labute approximate surface area is 143 Å². The molecule has 1 aliphatic carbocycles. The van der Waals surface area contributed by atoms with Crippen molar-refractivity contribution in [2.75, 3.05) is 6.54 Å². The van der Waals surface area contributed by atoms with E-state index in [1.165, 1.54) is 37.7 Å². The van der Waals surface area contributed by atoms with E-state index in [1.54, 1.807) is 12.3 Å². The minimum atomic E-state index is -0.124. The van der Waals surface area contributed by atoms with Crippen molar-refractivity contribution in [2.45, 2.75) is 38.0 Å². The third-order valence-electron chi connectivity index (χ3n) is 4.72. The number of amides is 1. The number of nitrogens with zero attached hydrogens (tertiary/aromatic N) is 1. The summed E-state index contributed by atoms with van der Waals surface area (Å²) in [6.07, 6.45) is 9.99. The van der Waals surface area contributed by atoms with Gasteiger partial charge in [-0.25, -0.2) is 0 Å². The second-order valence-electron chi connectivity index (χ2n) is 6.39. The molecule has 1 aliphatic rings. The van der Waals surface area contributed by atoms with Crippen molar-refractivity contribution in [3.8, 4) is 11.3 Å². The Balaban J connectivity index is 1.69. The van der Waals surface area contributed by atoms with Crippen molar-refractivity contribution < 1.29 is 4.79 Å². The first-order valence-electron chi connectivity index (χ1n) is 8.73. The summed E-state index contributed by atoms with van der Waals surface area (Å²) in [5, 5.41) is 2.75. The Hall–Kier alpha value is -2.42. The average molecular weight is 320 g/mol. The summed E-state index contributed by atoms with van der Waals surface area (Å²) in [5.41, 5.74) is 4.00. The van der Waals surface area contributed by atoms with Crippen molar-refractivity contribution in [1.82, 2.24) is 10.3 Å². The molecule has 0 aliphatic heterocycles. The van der Waals surface area contributed by atoms with Crippen molar-refractivity contribution in [3.63, 3.8) is 0 Å². The number of hydrogen-bond acceptors (Lipinski definition) is 2. The molecule has 1 fully saturated rings. The maximum absolute atomic E-state index is 11.9. The van der Waals surface area contributed by atoms with Crippen LogP contribution in [-0.2, 0) is 0 Å². The average Bonchev–Trinajstić information content (AvgIpc) is 2.67. The molecular formula is C21H24N2O. The van der Waals surface area contributed by atoms with Crippen molar-refractivity contribution in [2.24, 2.45) is 0 Å². The molecule has 1 aromatic carbocycles. The van der Waals surface area contributed by atoms with Gasteiger partial charge >= 0.3 is 0 Å². The monoisotopic (exact) mass is 320 g/mol. The molecule has 24 heavy (non-hydrogen) atoms. The number of hydrogen-bond donors (Lipinski definition) is 1. The van der Waals surface area contributed by atoms with E-state index in [9.17, 15) is 4.79 Å². The summed E-state index contributed by atoms with van der Waals surface area (Å²) in [6, 6.07) is 12.5. The molecule has 3 nitrogen and oxygen atoms in total. The van der Waals surface area contributed by atoms with Gasteiger partial charge in [0.15, 0.2) is 0 Å². The Morgan fingerprint density at radius 1 is 1.12 bits per heavy atom. The molecule has 1 N–H and O–H groups in total. The minimum Gasteiger partial charge on any atom is -0.349 e. The lowest BCUT2D eigenvalue weighted by atomic mass is 9.84. The number of benzene rings is 1. The zero-order chi connectivity index (χ0) is 16.8. The largest absolute Gasteiger partial charge is 0.349 e. The van der Waals surface area contributed by atoms with Crippen LogP contribution in [-0.4, -0.2) is 17.4 Å². The smallest absolute Gasteiger partial charge is 0.253 e. The minimum absolute atomic E-state index is 0.124. The van der Waals surface area contributed by atoms with E-state index in [0.29, 0.717) is 12.1 Å². The normalized spacial score (nSPS) is 15.0. The summed E-state index contributed by atoms with van der Waals surface area (Å²) >= 11 is 0. The Bertz CT molecular complexity index is 683. The van der Waals surface area contributed by atoms with Crippen LogP contribution in [0.15, 0.2) is 55.3 Å². The van der Waals surface area contributed by atoms with Gasteiger partial charge in [0.05, 0.1) is 11.3 Å². The van der Waals surface area contributed by atoms with Crippen molar-refractivity contribution >= 4 is 5.91 Å². The lowest BCUT2D eigenvalue weighted by Gasteiger charge is -2.22. The van der Waals surface area contributed by atoms with Gasteiger partial charge in [-0.05, 0) is 36.5 Å². The molecule has 1 heterocycles. The van der Waals surface area contributed by atoms with Gasteiger partial charge in [-0.2, -0.15) is 0 Å². The van der Waals surface area contributed by atoms with Gasteiger partial charge in [0.2, 0.25) is 0 Å². The summed E-state index contributed by atoms with van der Waals surface area (Å²) in [6.45, 7) is 4.05. The van der Waals surface area contributed by atoms with E-state index >= 15 is 0 Å². The summed E-state index contributed by atoms with van der Waals surface area (Å²) in [4.78, 5) is 16.3. The first-order valence-corrected chi connectivity index (χ1v) is 8.73. The van der Waals surface area contributed by atoms with Crippen molar-refractivity contribution in [3.05, 3.63) is 66.4 Å². The molecule has 1 amide bonds. The SMILES string of the molecule is C=CCNC(=O)c1ccc(-c2ccc(C3CCCCC3)cc2)nc1. The Kier molecular flexibility index (Phi) is 5.42. The fourth-order valence-corrected chi connectivity index (χ4v) is 3.33. The van der Waals surface area contributed by atoms with E-state index in [1.807, 2.05) is 12.1 Å². The highest BCUT2D eigenvalue weighted by Crippen LogP contribution is 2.33. The van der Waals surface area contributed by atoms with Crippen LogP contribution >= 0.6 is 0 Å². The van der Waals surface area contributed by atoms with Crippen LogP contribution in [0.3, 0.4) is 0 Å². The molecule has 3 heteroatoms. The summed E-state index contributed by atoms with van der Waals surface area (Å²) in [5.74, 6) is 0.596. The molecule has 3 rings (SSSR count). The molecule has 1 saturated carbocycles. The zero-order valence-corrected chi connectivity index (χ0v) is 14.0. The topological polar surface area (TPSA) is 42.0 Å². The molecule has 2 aromatic rings. The maximum atomic E-state index is 11.9. The fraction of sp³-hybridized carbons (Fsp3) is 0.333. The van der Waals surface area contributed by atoms with E-state index in [2.05, 4.69) is 41.1 Å². The van der Waals surface area contributed by atoms with Crippen LogP contribution in [0, 0.1) is 0 Å². The number of carbonyl (C=O) groups is 1. The number of rotatable bonds is 5. The molecule has 0 spiro atoms. The van der Waals surface area contributed by atoms with E-state index < -0.39 is 0 Å². The van der Waals surface area contributed by atoms with E-state index in [4.69, 9.17) is 0 Å². The van der Waals surface area contributed by atoms with Gasteiger partial charge in [0.1, 0.15) is 0 Å². The van der Waals surface area contributed by atoms with Crippen LogP contribution in [0.2, 0.25) is 0 Å². The van der Waals surface area contributed by atoms with E-state index in [-0.39, 0.29) is 5.91 Å². The highest BCUT2D eigenvalue weighted by Gasteiger charge is 2.15. The summed E-state index contributed by atoms with van der Waals surface area (Å²) < 4.78 is 0. The summed E-state index contributed by atoms with van der Waals surface area (Å²) in [7, 11) is 0. The van der Waals surface area contributed by atoms with Crippen LogP contribution in [0.5, 0.6) is 0 Å². The molecule has 0 radical (unpaired) electrons. The zero-order valence-electron chi connectivity index (χ0n) is 14.0. The Morgan fingerprint density at radius 2 is 1.88 bits per heavy atom. The lowest BCUT2D eigenvalue weighted by Crippen LogP contribution is -2.23. The van der Waals surface area contributed by atoms with Gasteiger partial charge in [-0.15, -0.1) is 6.58 Å². The quantitative estimate of drug-likeness (QED) is 0.811. The molecule has 0 saturated heterocycles. The predicted octanol–water partition coefficient (Wildman–Crippen LogP) is 4.71. The molecule has 1 aromatic heterocycles. The molecule has 124 valence electrons. The van der Waals surface area contributed by atoms with Gasteiger partial charge in [0, 0.05) is 18.3 Å². The van der Waals surface area contributed by atoms with Gasteiger partial charge < -0.3 is 5.32 Å². The lowest BCUT2D eigenvalue weighted by molar-refractivity contribution is 0.0957. The Morgan fingerprint density at radius 3 is 2.50 bits per heavy atom. The number of nitrogens with one attached hydrogen (secondary N) is 1. The van der Waals surface area contributed by atoms with Crippen LogP contribution in [0.1, 0.15) is 53.9 Å². The van der Waals surface area contributed by atoms with Gasteiger partial charge in [-0.1, -0.05) is 49.6 Å². The van der Waals surface area contributed by atoms with Gasteiger partial charge in [-0.3, -0.25) is 9.78 Å². The second kappa shape index (κ2) is 7.91. The number of carbonyl (C=O) groups excluding carboxylic acids is 1. The number of aromatic nitrogens is 1. The van der Waals surface area contributed by atoms with Crippen LogP contribution in [0.4, 0.5) is 0 Å². The number of pyridine rings is 1. The van der Waals surface area contributed by atoms with Crippen molar-refractivity contribution in [1.29, 1.82) is 0 Å². The molecule has 0 bridgehead atoms. The third kappa shape index (κ3) is 3.91. The molecule has 0 atom stereocenters. The second-order valence-corrected chi connectivity index (χ2v) is 6.39. The molecule has 0 unspecified atom stereocenters. The highest BCUT2D eigenvalue weighted by molar-refractivity contribution is 5.94. The van der Waals surface area contributed by atoms with Crippen LogP contribution in [0.25, 0.3) is 11.3 Å². The highest BCUT2D eigenvalue weighted by atomic mass is 16.1. The first-order chi connectivity index (χ1) is 11.8. The third-order valence-corrected chi connectivity index (χ3v) is 4.72. The fourth-order valence-electron chi connectivity index (χ4n) is 3.33. The standard InChI is InChI=1S/C21H24N2O/c1-2-14-22-21(24)19-12-13-20(23-15-19)18-10-8-17(9-11-18)16-6-4-3-5-7-16/h2,8-13,15-16H,1,3-7,14H2,(H,22,24). The maximum Gasteiger partial charge on any atom is 0.253 e. The first kappa shape index (κ1) is 16.4. The predicted molar refractivity (Wildman–Crippen MR) is 98.0 cm³/mol. The van der Waals surface area contributed by atoms with Crippen LogP contribution < -0.4 is 5.32 Å². The molecular weight excluding hydrogens is 296 g/mol. The van der Waals surface area contributed by atoms with E-state index in [0.717, 1.165) is 17.2 Å².